The van der Waals surface area contributed by atoms with E-state index in [1.807, 2.05) is 0 Å². The van der Waals surface area contributed by atoms with Gasteiger partial charge in [-0.3, -0.25) is 10.1 Å². The van der Waals surface area contributed by atoms with Gasteiger partial charge in [0.1, 0.15) is 5.52 Å². The molecule has 6 nitrogen and oxygen atoms in total. The minimum atomic E-state index is -0.553. The second-order valence-electron chi connectivity index (χ2n) is 2.07. The minimum absolute atomic E-state index is 0.0579. The van der Waals surface area contributed by atoms with E-state index < -0.39 is 4.92 Å². The number of non-ortho nitro benzene ring substituents is 1. The van der Waals surface area contributed by atoms with E-state index in [9.17, 15) is 10.1 Å². The SMILES string of the molecule is O=[N+]([O-])c1cc[c]c2nnoc12. The van der Waals surface area contributed by atoms with Gasteiger partial charge in [-0.15, -0.1) is 5.10 Å². The van der Waals surface area contributed by atoms with Crippen molar-refractivity contribution in [1.82, 2.24) is 10.4 Å². The fourth-order valence-corrected chi connectivity index (χ4v) is 0.872. The van der Waals surface area contributed by atoms with Crippen LogP contribution in [0.5, 0.6) is 0 Å². The van der Waals surface area contributed by atoms with Gasteiger partial charge in [-0.25, -0.2) is 0 Å². The van der Waals surface area contributed by atoms with E-state index in [0.717, 1.165) is 0 Å². The normalized spacial score (nSPS) is 10.3. The lowest BCUT2D eigenvalue weighted by Gasteiger charge is -1.87. The minimum Gasteiger partial charge on any atom is -0.329 e. The molecule has 0 N–H and O–H groups in total. The van der Waals surface area contributed by atoms with Gasteiger partial charge >= 0.3 is 5.69 Å². The second kappa shape index (κ2) is 2.26. The Labute approximate surface area is 65.9 Å². The number of nitro benzene ring substituents is 1. The molecule has 2 rings (SSSR count). The summed E-state index contributed by atoms with van der Waals surface area (Å²) < 4.78 is 4.58. The molecule has 1 radical (unpaired) electrons. The summed E-state index contributed by atoms with van der Waals surface area (Å²) in [5, 5.41) is 17.1. The third kappa shape index (κ3) is 0.815. The summed E-state index contributed by atoms with van der Waals surface area (Å²) in [7, 11) is 0. The fraction of sp³-hybridized carbons (Fsp3) is 0. The molecule has 0 spiro atoms. The van der Waals surface area contributed by atoms with Crippen molar-refractivity contribution in [2.45, 2.75) is 0 Å². The average molecular weight is 164 g/mol. The highest BCUT2D eigenvalue weighted by molar-refractivity contribution is 5.80. The van der Waals surface area contributed by atoms with Crippen molar-refractivity contribution in [3.8, 4) is 0 Å². The Morgan fingerprint density at radius 2 is 2.50 bits per heavy atom. The van der Waals surface area contributed by atoms with E-state index in [1.165, 1.54) is 12.1 Å². The molecule has 1 aromatic heterocycles. The van der Waals surface area contributed by atoms with Crippen LogP contribution in [0.4, 0.5) is 5.69 Å². The number of rotatable bonds is 1. The summed E-state index contributed by atoms with van der Waals surface area (Å²) in [4.78, 5) is 9.84. The molecular formula is C6H2N3O3. The molecule has 0 unspecified atom stereocenters. The standard InChI is InChI=1S/C6H2N3O3/c10-9(11)5-3-1-2-4-6(5)12-8-7-4/h1,3H. The molecule has 6 heteroatoms. The van der Waals surface area contributed by atoms with E-state index in [0.29, 0.717) is 0 Å². The van der Waals surface area contributed by atoms with Crippen LogP contribution < -0.4 is 0 Å². The largest absolute Gasteiger partial charge is 0.329 e. The monoisotopic (exact) mass is 164 g/mol. The highest BCUT2D eigenvalue weighted by Gasteiger charge is 2.15. The van der Waals surface area contributed by atoms with Gasteiger partial charge in [0.15, 0.2) is 0 Å². The van der Waals surface area contributed by atoms with Crippen molar-refractivity contribution in [3.05, 3.63) is 28.3 Å². The Morgan fingerprint density at radius 3 is 3.25 bits per heavy atom. The third-order valence-corrected chi connectivity index (χ3v) is 1.38. The predicted octanol–water partition coefficient (Wildman–Crippen LogP) is 0.931. The van der Waals surface area contributed by atoms with Crippen LogP contribution in [0, 0.1) is 16.2 Å². The summed E-state index contributed by atoms with van der Waals surface area (Å²) in [6.45, 7) is 0. The Balaban J connectivity index is 2.82. The van der Waals surface area contributed by atoms with E-state index in [2.05, 4.69) is 21.0 Å². The summed E-state index contributed by atoms with van der Waals surface area (Å²) in [6, 6.07) is 5.35. The maximum Gasteiger partial charge on any atom is 0.316 e. The lowest BCUT2D eigenvalue weighted by molar-refractivity contribution is -0.383. The molecule has 0 saturated heterocycles. The first kappa shape index (κ1) is 6.71. The molecule has 0 saturated carbocycles. The zero-order chi connectivity index (χ0) is 8.55. The number of hydrogen-bond acceptors (Lipinski definition) is 5. The molecule has 0 atom stereocenters. The number of nitrogens with zero attached hydrogens (tertiary/aromatic N) is 3. The highest BCUT2D eigenvalue weighted by Crippen LogP contribution is 2.22. The van der Waals surface area contributed by atoms with E-state index in [-0.39, 0.29) is 16.8 Å². The Hall–Kier alpha value is -1.98. The van der Waals surface area contributed by atoms with Crippen LogP contribution >= 0.6 is 0 Å². The van der Waals surface area contributed by atoms with Crippen molar-refractivity contribution >= 4 is 16.8 Å². The molecule has 0 fully saturated rings. The van der Waals surface area contributed by atoms with E-state index in [1.54, 1.807) is 0 Å². The number of aromatic nitrogens is 2. The second-order valence-corrected chi connectivity index (χ2v) is 2.07. The van der Waals surface area contributed by atoms with E-state index >= 15 is 0 Å². The maximum atomic E-state index is 10.4. The molecule has 0 aliphatic heterocycles. The van der Waals surface area contributed by atoms with Crippen LogP contribution in [-0.4, -0.2) is 15.3 Å². The van der Waals surface area contributed by atoms with Crippen LogP contribution in [-0.2, 0) is 0 Å². The van der Waals surface area contributed by atoms with Gasteiger partial charge in [0.25, 0.3) is 5.58 Å². The van der Waals surface area contributed by atoms with Crippen LogP contribution in [0.25, 0.3) is 11.1 Å². The highest BCUT2D eigenvalue weighted by atomic mass is 16.6. The van der Waals surface area contributed by atoms with Crippen molar-refractivity contribution in [1.29, 1.82) is 0 Å². The van der Waals surface area contributed by atoms with Gasteiger partial charge in [-0.2, -0.15) is 0 Å². The molecule has 59 valence electrons. The lowest BCUT2D eigenvalue weighted by Crippen LogP contribution is -1.87. The van der Waals surface area contributed by atoms with Gasteiger partial charge in [0, 0.05) is 17.4 Å². The van der Waals surface area contributed by atoms with Gasteiger partial charge < -0.3 is 4.52 Å². The quantitative estimate of drug-likeness (QED) is 0.462. The van der Waals surface area contributed by atoms with Gasteiger partial charge in [-0.1, -0.05) is 0 Å². The first-order valence-electron chi connectivity index (χ1n) is 3.06. The molecule has 1 heterocycles. The van der Waals surface area contributed by atoms with Crippen LogP contribution in [0.3, 0.4) is 0 Å². The molecule has 2 aromatic rings. The molecule has 1 aromatic carbocycles. The molecule has 0 aliphatic rings. The topological polar surface area (TPSA) is 82.1 Å². The van der Waals surface area contributed by atoms with Crippen molar-refractivity contribution in [2.75, 3.05) is 0 Å². The number of hydrogen-bond donors (Lipinski definition) is 0. The Morgan fingerprint density at radius 1 is 1.67 bits per heavy atom. The average Bonchev–Trinajstić information content (AvgIpc) is 2.49. The van der Waals surface area contributed by atoms with Gasteiger partial charge in [0.2, 0.25) is 0 Å². The smallest absolute Gasteiger partial charge is 0.316 e. The Bertz CT molecular complexity index is 436. The first-order valence-corrected chi connectivity index (χ1v) is 3.06. The lowest BCUT2D eigenvalue weighted by atomic mass is 10.3. The first-order chi connectivity index (χ1) is 5.79. The molecule has 0 aliphatic carbocycles. The summed E-state index contributed by atoms with van der Waals surface area (Å²) in [6.07, 6.45) is 0. The molecular weight excluding hydrogens is 162 g/mol. The van der Waals surface area contributed by atoms with Crippen molar-refractivity contribution in [2.24, 2.45) is 0 Å². The van der Waals surface area contributed by atoms with E-state index in [4.69, 9.17) is 0 Å². The van der Waals surface area contributed by atoms with Crippen LogP contribution in [0.15, 0.2) is 16.7 Å². The summed E-state index contributed by atoms with van der Waals surface area (Å²) in [5.41, 5.74) is 0.181. The third-order valence-electron chi connectivity index (χ3n) is 1.38. The zero-order valence-electron chi connectivity index (χ0n) is 5.72. The molecule has 0 bridgehead atoms. The maximum absolute atomic E-state index is 10.4. The summed E-state index contributed by atoms with van der Waals surface area (Å²) >= 11 is 0. The van der Waals surface area contributed by atoms with Gasteiger partial charge in [0.05, 0.1) is 4.92 Å². The summed E-state index contributed by atoms with van der Waals surface area (Å²) in [5.74, 6) is 0. The number of fused-ring (bicyclic) bond motifs is 1. The van der Waals surface area contributed by atoms with Crippen molar-refractivity contribution in [3.63, 3.8) is 0 Å². The van der Waals surface area contributed by atoms with Crippen LogP contribution in [0.1, 0.15) is 0 Å². The number of benzene rings is 1. The van der Waals surface area contributed by atoms with Gasteiger partial charge in [-0.05, 0) is 6.07 Å². The number of nitro groups is 1. The van der Waals surface area contributed by atoms with Crippen LogP contribution in [0.2, 0.25) is 0 Å². The zero-order valence-corrected chi connectivity index (χ0v) is 5.72. The fourth-order valence-electron chi connectivity index (χ4n) is 0.872. The Kier molecular flexibility index (Phi) is 1.26. The van der Waals surface area contributed by atoms with Crippen molar-refractivity contribution < 1.29 is 9.45 Å². The predicted molar refractivity (Wildman–Crippen MR) is 37.3 cm³/mol. The molecule has 0 amide bonds. The molecule has 12 heavy (non-hydrogen) atoms.